The van der Waals surface area contributed by atoms with Crippen LogP contribution in [0.3, 0.4) is 0 Å². The zero-order valence-corrected chi connectivity index (χ0v) is 26.0. The number of fused-ring (bicyclic) bond motifs is 3. The van der Waals surface area contributed by atoms with Crippen LogP contribution in [0.1, 0.15) is 100 Å². The van der Waals surface area contributed by atoms with E-state index in [1.165, 1.54) is 12.1 Å². The molecule has 1 unspecified atom stereocenters. The molecule has 8 heteroatoms. The molecule has 0 saturated carbocycles. The molecule has 230 valence electrons. The van der Waals surface area contributed by atoms with Crippen LogP contribution in [0.2, 0.25) is 0 Å². The highest BCUT2D eigenvalue weighted by molar-refractivity contribution is 5.97. The zero-order chi connectivity index (χ0) is 32.5. The number of ether oxygens (including phenoxy) is 4. The minimum atomic E-state index is -0.662. The zero-order valence-electron chi connectivity index (χ0n) is 26.0. The molecule has 45 heavy (non-hydrogen) atoms. The Hall–Kier alpha value is -5.24. The van der Waals surface area contributed by atoms with Crippen molar-refractivity contribution in [1.29, 1.82) is 0 Å². The van der Waals surface area contributed by atoms with E-state index in [9.17, 15) is 19.2 Å². The highest BCUT2D eigenvalue weighted by Gasteiger charge is 2.28. The van der Waals surface area contributed by atoms with Gasteiger partial charge in [0.2, 0.25) is 0 Å². The van der Waals surface area contributed by atoms with E-state index in [4.69, 9.17) is 18.9 Å². The Morgan fingerprint density at radius 1 is 0.600 bits per heavy atom. The Kier molecular flexibility index (Phi) is 8.60. The Morgan fingerprint density at radius 2 is 1.02 bits per heavy atom. The predicted molar refractivity (Wildman–Crippen MR) is 168 cm³/mol. The van der Waals surface area contributed by atoms with Crippen molar-refractivity contribution in [3.63, 3.8) is 0 Å². The fourth-order valence-corrected chi connectivity index (χ4v) is 5.08. The average Bonchev–Trinajstić information content (AvgIpc) is 3.26. The molecule has 0 N–H and O–H groups in total. The first-order valence-electron chi connectivity index (χ1n) is 14.7. The van der Waals surface area contributed by atoms with Crippen LogP contribution in [0, 0.1) is 0 Å². The molecule has 5 rings (SSSR count). The summed E-state index contributed by atoms with van der Waals surface area (Å²) in [4.78, 5) is 50.7. The molecule has 0 aromatic heterocycles. The van der Waals surface area contributed by atoms with Gasteiger partial charge in [0.25, 0.3) is 0 Å². The minimum absolute atomic E-state index is 0.0723. The molecule has 1 aliphatic carbocycles. The molecule has 8 nitrogen and oxygen atoms in total. The van der Waals surface area contributed by atoms with Gasteiger partial charge in [0, 0.05) is 5.92 Å². The van der Waals surface area contributed by atoms with Crippen LogP contribution < -0.4 is 9.47 Å². The monoisotopic (exact) mass is 606 g/mol. The van der Waals surface area contributed by atoms with E-state index in [-0.39, 0.29) is 34.3 Å². The van der Waals surface area contributed by atoms with Gasteiger partial charge in [0.15, 0.2) is 0 Å². The maximum absolute atomic E-state index is 13.0. The summed E-state index contributed by atoms with van der Waals surface area (Å²) >= 11 is 0. The molecule has 1 aliphatic rings. The summed E-state index contributed by atoms with van der Waals surface area (Å²) in [7, 11) is 0. The second kappa shape index (κ2) is 12.4. The van der Waals surface area contributed by atoms with Crippen molar-refractivity contribution in [2.75, 3.05) is 0 Å². The lowest BCUT2D eigenvalue weighted by molar-refractivity contribution is 0.00688. The van der Waals surface area contributed by atoms with Gasteiger partial charge in [-0.05, 0) is 118 Å². The standard InChI is InChI=1S/C37H34O8/c1-21(2)42-33(38)23-9-7-10-24(17-23)34(39)43-27-13-15-29-30-16-14-28(20-32(30)22(3)31(29)19-27)44-35(40)25-11-8-12-26(18-25)36(41)45-37(4,5)6/h7-22H,1-6H3. The summed E-state index contributed by atoms with van der Waals surface area (Å²) in [5.74, 6) is -1.57. The van der Waals surface area contributed by atoms with Crippen LogP contribution in [0.15, 0.2) is 84.9 Å². The van der Waals surface area contributed by atoms with Crippen molar-refractivity contribution in [3.8, 4) is 22.6 Å². The van der Waals surface area contributed by atoms with Crippen LogP contribution in [0.5, 0.6) is 11.5 Å². The predicted octanol–water partition coefficient (Wildman–Crippen LogP) is 7.78. The first kappa shape index (κ1) is 31.2. The molecule has 0 heterocycles. The second-order valence-electron chi connectivity index (χ2n) is 12.1. The van der Waals surface area contributed by atoms with Crippen molar-refractivity contribution < 1.29 is 38.1 Å². The first-order chi connectivity index (χ1) is 21.3. The Morgan fingerprint density at radius 3 is 1.44 bits per heavy atom. The molecule has 0 saturated heterocycles. The quantitative estimate of drug-likeness (QED) is 0.155. The van der Waals surface area contributed by atoms with Crippen molar-refractivity contribution in [2.24, 2.45) is 0 Å². The maximum Gasteiger partial charge on any atom is 0.343 e. The van der Waals surface area contributed by atoms with Gasteiger partial charge < -0.3 is 18.9 Å². The van der Waals surface area contributed by atoms with Gasteiger partial charge in [-0.2, -0.15) is 0 Å². The first-order valence-corrected chi connectivity index (χ1v) is 14.7. The van der Waals surface area contributed by atoms with Crippen molar-refractivity contribution >= 4 is 23.9 Å². The van der Waals surface area contributed by atoms with Gasteiger partial charge in [0.05, 0.1) is 28.4 Å². The SMILES string of the molecule is CC(C)OC(=O)c1cccc(C(=O)Oc2ccc3c(c2)C(C)c2cc(OC(=O)c4cccc(C(=O)OC(C)(C)C)c4)ccc2-3)c1. The molecule has 0 bridgehead atoms. The average molecular weight is 607 g/mol. The number of esters is 4. The van der Waals surface area contributed by atoms with Crippen LogP contribution in [0.25, 0.3) is 11.1 Å². The van der Waals surface area contributed by atoms with Crippen molar-refractivity contribution in [2.45, 2.75) is 59.2 Å². The third-order valence-corrected chi connectivity index (χ3v) is 7.10. The van der Waals surface area contributed by atoms with Gasteiger partial charge in [-0.3, -0.25) is 0 Å². The Bertz CT molecular complexity index is 1810. The third-order valence-electron chi connectivity index (χ3n) is 7.10. The van der Waals surface area contributed by atoms with Crippen LogP contribution in [0.4, 0.5) is 0 Å². The molecule has 0 aliphatic heterocycles. The van der Waals surface area contributed by atoms with E-state index in [2.05, 4.69) is 0 Å². The third kappa shape index (κ3) is 7.12. The lowest BCUT2D eigenvalue weighted by Crippen LogP contribution is -2.24. The smallest absolute Gasteiger partial charge is 0.343 e. The van der Waals surface area contributed by atoms with Crippen LogP contribution >= 0.6 is 0 Å². The molecule has 0 spiro atoms. The van der Waals surface area contributed by atoms with Gasteiger partial charge in [-0.15, -0.1) is 0 Å². The van der Waals surface area contributed by atoms with E-state index >= 15 is 0 Å². The number of carbonyl (C=O) groups excluding carboxylic acids is 4. The number of benzene rings is 4. The number of hydrogen-bond donors (Lipinski definition) is 0. The molecule has 0 amide bonds. The van der Waals surface area contributed by atoms with E-state index in [0.29, 0.717) is 11.5 Å². The number of hydrogen-bond acceptors (Lipinski definition) is 8. The van der Waals surface area contributed by atoms with E-state index < -0.39 is 29.5 Å². The molecular formula is C37H34O8. The van der Waals surface area contributed by atoms with Gasteiger partial charge >= 0.3 is 23.9 Å². The summed E-state index contributed by atoms with van der Waals surface area (Å²) in [5, 5.41) is 0. The summed E-state index contributed by atoms with van der Waals surface area (Å²) < 4.78 is 22.0. The van der Waals surface area contributed by atoms with Gasteiger partial charge in [0.1, 0.15) is 17.1 Å². The lowest BCUT2D eigenvalue weighted by atomic mass is 9.99. The summed E-state index contributed by atoms with van der Waals surface area (Å²) in [6, 6.07) is 23.3. The van der Waals surface area contributed by atoms with Crippen molar-refractivity contribution in [1.82, 2.24) is 0 Å². The Labute approximate surface area is 261 Å². The largest absolute Gasteiger partial charge is 0.459 e. The second-order valence-corrected chi connectivity index (χ2v) is 12.1. The normalized spacial score (nSPS) is 13.4. The molecule has 4 aromatic carbocycles. The topological polar surface area (TPSA) is 105 Å². The van der Waals surface area contributed by atoms with Crippen LogP contribution in [-0.2, 0) is 9.47 Å². The molecular weight excluding hydrogens is 572 g/mol. The maximum atomic E-state index is 13.0. The summed E-state index contributed by atoms with van der Waals surface area (Å²) in [5.41, 5.74) is 4.20. The lowest BCUT2D eigenvalue weighted by Gasteiger charge is -2.19. The van der Waals surface area contributed by atoms with E-state index in [1.807, 2.05) is 31.2 Å². The van der Waals surface area contributed by atoms with Crippen LogP contribution in [-0.4, -0.2) is 35.6 Å². The summed E-state index contributed by atoms with van der Waals surface area (Å²) in [6.45, 7) is 10.9. The fraction of sp³-hybridized carbons (Fsp3) is 0.243. The van der Waals surface area contributed by atoms with E-state index in [0.717, 1.165) is 22.3 Å². The highest BCUT2D eigenvalue weighted by atomic mass is 16.6. The highest BCUT2D eigenvalue weighted by Crippen LogP contribution is 2.47. The molecule has 1 atom stereocenters. The molecule has 4 aromatic rings. The summed E-state index contributed by atoms with van der Waals surface area (Å²) in [6.07, 6.45) is -0.281. The fourth-order valence-electron chi connectivity index (χ4n) is 5.08. The van der Waals surface area contributed by atoms with Gasteiger partial charge in [-0.1, -0.05) is 31.2 Å². The Balaban J connectivity index is 1.29. The van der Waals surface area contributed by atoms with E-state index in [1.54, 1.807) is 83.1 Å². The number of carbonyl (C=O) groups is 4. The number of rotatable bonds is 7. The molecule has 0 radical (unpaired) electrons. The van der Waals surface area contributed by atoms with Crippen molar-refractivity contribution in [3.05, 3.63) is 118 Å². The van der Waals surface area contributed by atoms with Gasteiger partial charge in [-0.25, -0.2) is 19.2 Å². The molecule has 0 fully saturated rings. The minimum Gasteiger partial charge on any atom is -0.459 e.